The number of nitrogens with two attached hydrogens (primary N) is 1. The summed E-state index contributed by atoms with van der Waals surface area (Å²) in [4.78, 5) is 24.6. The number of benzene rings is 1. The van der Waals surface area contributed by atoms with E-state index in [4.69, 9.17) is 45.9 Å². The summed E-state index contributed by atoms with van der Waals surface area (Å²) in [5, 5.41) is 7.01. The van der Waals surface area contributed by atoms with Crippen molar-refractivity contribution in [2.75, 3.05) is 11.9 Å². The number of hydrogen-bond acceptors (Lipinski definition) is 5. The Hall–Kier alpha value is -1.87. The first-order valence-electron chi connectivity index (χ1n) is 8.27. The minimum Gasteiger partial charge on any atom is -0.492 e. The molecule has 0 bridgehead atoms. The van der Waals surface area contributed by atoms with Crippen LogP contribution in [0.4, 0.5) is 5.00 Å². The number of carbonyl (C=O) groups excluding carboxylic acids is 2. The molecule has 0 radical (unpaired) electrons. The van der Waals surface area contributed by atoms with Crippen molar-refractivity contribution in [1.82, 2.24) is 5.32 Å². The van der Waals surface area contributed by atoms with Crippen LogP contribution in [-0.4, -0.2) is 23.5 Å². The molecule has 1 aromatic carbocycles. The van der Waals surface area contributed by atoms with E-state index < -0.39 is 5.91 Å². The maximum Gasteiger partial charge on any atom is 0.251 e. The zero-order valence-electron chi connectivity index (χ0n) is 15.2. The predicted octanol–water partition coefficient (Wildman–Crippen LogP) is 4.44. The second-order valence-corrected chi connectivity index (χ2v) is 8.36. The molecule has 0 spiro atoms. The SMILES string of the molecule is Cc1sc(NC(=S)NC(=O)CCCOc2ccc(Cl)cc2Cl)c(C(N)=O)c1C. The Bertz CT molecular complexity index is 916. The van der Waals surface area contributed by atoms with Crippen LogP contribution in [-0.2, 0) is 4.79 Å². The number of amides is 2. The molecule has 0 aliphatic carbocycles. The number of thiophene rings is 1. The molecule has 0 saturated heterocycles. The van der Waals surface area contributed by atoms with Crippen molar-refractivity contribution in [2.24, 2.45) is 5.73 Å². The van der Waals surface area contributed by atoms with Crippen LogP contribution in [0, 0.1) is 13.8 Å². The summed E-state index contributed by atoms with van der Waals surface area (Å²) in [6, 6.07) is 4.93. The molecular formula is C18H19Cl2N3O3S2. The lowest BCUT2D eigenvalue weighted by molar-refractivity contribution is -0.119. The van der Waals surface area contributed by atoms with Gasteiger partial charge in [0.1, 0.15) is 10.8 Å². The zero-order chi connectivity index (χ0) is 20.8. The molecule has 6 nitrogen and oxygen atoms in total. The van der Waals surface area contributed by atoms with Crippen molar-refractivity contribution in [3.05, 3.63) is 44.2 Å². The topological polar surface area (TPSA) is 93.4 Å². The molecule has 150 valence electrons. The largest absolute Gasteiger partial charge is 0.492 e. The molecule has 1 aromatic heterocycles. The van der Waals surface area contributed by atoms with E-state index in [1.807, 2.05) is 13.8 Å². The number of nitrogens with one attached hydrogen (secondary N) is 2. The lowest BCUT2D eigenvalue weighted by Crippen LogP contribution is -2.34. The number of ether oxygens (including phenoxy) is 1. The minimum atomic E-state index is -0.545. The van der Waals surface area contributed by atoms with Gasteiger partial charge in [-0.1, -0.05) is 23.2 Å². The number of hydrogen-bond donors (Lipinski definition) is 3. The molecule has 2 rings (SSSR count). The van der Waals surface area contributed by atoms with Crippen LogP contribution in [0.5, 0.6) is 5.75 Å². The van der Waals surface area contributed by atoms with Gasteiger partial charge in [-0.25, -0.2) is 0 Å². The fraction of sp³-hybridized carbons (Fsp3) is 0.278. The highest BCUT2D eigenvalue weighted by Gasteiger charge is 2.18. The molecule has 10 heteroatoms. The number of halogens is 2. The minimum absolute atomic E-state index is 0.107. The van der Waals surface area contributed by atoms with E-state index in [1.54, 1.807) is 18.2 Å². The molecule has 0 fully saturated rings. The first-order chi connectivity index (χ1) is 13.2. The number of thiocarbonyl (C=S) groups is 1. The Kier molecular flexibility index (Phi) is 8.06. The summed E-state index contributed by atoms with van der Waals surface area (Å²) in [6.07, 6.45) is 0.676. The Morgan fingerprint density at radius 2 is 2.00 bits per heavy atom. The van der Waals surface area contributed by atoms with E-state index in [2.05, 4.69) is 10.6 Å². The monoisotopic (exact) mass is 459 g/mol. The maximum absolute atomic E-state index is 12.0. The van der Waals surface area contributed by atoms with Crippen molar-refractivity contribution >= 4 is 68.7 Å². The third-order valence-electron chi connectivity index (χ3n) is 3.81. The van der Waals surface area contributed by atoms with Crippen LogP contribution in [0.15, 0.2) is 18.2 Å². The standard InChI is InChI=1S/C18H19Cl2N3O3S2/c1-9-10(2)28-17(15(9)16(21)25)23-18(27)22-14(24)4-3-7-26-13-6-5-11(19)8-12(13)20/h5-6,8H,3-4,7H2,1-2H3,(H2,21,25)(H2,22,23,24,27). The van der Waals surface area contributed by atoms with Gasteiger partial charge in [-0.3, -0.25) is 9.59 Å². The maximum atomic E-state index is 12.0. The van der Waals surface area contributed by atoms with Gasteiger partial charge in [-0.15, -0.1) is 11.3 Å². The number of rotatable bonds is 7. The molecular weight excluding hydrogens is 441 g/mol. The summed E-state index contributed by atoms with van der Waals surface area (Å²) in [6.45, 7) is 4.00. The lowest BCUT2D eigenvalue weighted by Gasteiger charge is -2.10. The second kappa shape index (κ2) is 10.1. The fourth-order valence-electron chi connectivity index (χ4n) is 2.34. The van der Waals surface area contributed by atoms with Crippen LogP contribution >= 0.6 is 46.8 Å². The first-order valence-corrected chi connectivity index (χ1v) is 10.3. The molecule has 0 aliphatic rings. The van der Waals surface area contributed by atoms with Crippen LogP contribution in [0.25, 0.3) is 0 Å². The smallest absolute Gasteiger partial charge is 0.251 e. The van der Waals surface area contributed by atoms with Crippen LogP contribution in [0.2, 0.25) is 10.0 Å². The third kappa shape index (κ3) is 6.07. The molecule has 28 heavy (non-hydrogen) atoms. The van der Waals surface area contributed by atoms with Gasteiger partial charge in [0.05, 0.1) is 17.2 Å². The van der Waals surface area contributed by atoms with Gasteiger partial charge in [-0.2, -0.15) is 0 Å². The summed E-state index contributed by atoms with van der Waals surface area (Å²) in [7, 11) is 0. The molecule has 0 unspecified atom stereocenters. The number of primary amides is 1. The lowest BCUT2D eigenvalue weighted by atomic mass is 10.1. The molecule has 4 N–H and O–H groups in total. The van der Waals surface area contributed by atoms with E-state index in [9.17, 15) is 9.59 Å². The van der Waals surface area contributed by atoms with Gasteiger partial charge in [0.25, 0.3) is 5.91 Å². The van der Waals surface area contributed by atoms with Gasteiger partial charge in [0.15, 0.2) is 5.11 Å². The van der Waals surface area contributed by atoms with Crippen molar-refractivity contribution in [3.63, 3.8) is 0 Å². The van der Waals surface area contributed by atoms with Crippen molar-refractivity contribution in [1.29, 1.82) is 0 Å². The molecule has 0 saturated carbocycles. The number of anilines is 1. The average molecular weight is 460 g/mol. The van der Waals surface area contributed by atoms with Crippen LogP contribution < -0.4 is 21.1 Å². The third-order valence-corrected chi connectivity index (χ3v) is 5.67. The molecule has 1 heterocycles. The first kappa shape index (κ1) is 22.4. The second-order valence-electron chi connectivity index (χ2n) is 5.88. The van der Waals surface area contributed by atoms with Crippen molar-refractivity contribution in [3.8, 4) is 5.75 Å². The summed E-state index contributed by atoms with van der Waals surface area (Å²) >= 11 is 18.3. The van der Waals surface area contributed by atoms with E-state index in [1.165, 1.54) is 11.3 Å². The van der Waals surface area contributed by atoms with Gasteiger partial charge >= 0.3 is 0 Å². The highest BCUT2D eigenvalue weighted by atomic mass is 35.5. The quantitative estimate of drug-likeness (QED) is 0.420. The Morgan fingerprint density at radius 1 is 1.29 bits per heavy atom. The number of aryl methyl sites for hydroxylation is 1. The van der Waals surface area contributed by atoms with Crippen LogP contribution in [0.3, 0.4) is 0 Å². The Balaban J connectivity index is 1.79. The Labute approximate surface area is 182 Å². The summed E-state index contributed by atoms with van der Waals surface area (Å²) < 4.78 is 5.53. The predicted molar refractivity (Wildman–Crippen MR) is 118 cm³/mol. The highest BCUT2D eigenvalue weighted by molar-refractivity contribution is 7.80. The molecule has 2 aromatic rings. The summed E-state index contributed by atoms with van der Waals surface area (Å²) in [5.41, 5.74) is 6.60. The van der Waals surface area contributed by atoms with E-state index in [0.29, 0.717) is 39.4 Å². The number of carbonyl (C=O) groups is 2. The van der Waals surface area contributed by atoms with E-state index >= 15 is 0 Å². The van der Waals surface area contributed by atoms with Gasteiger partial charge in [-0.05, 0) is 56.2 Å². The van der Waals surface area contributed by atoms with Crippen molar-refractivity contribution < 1.29 is 14.3 Å². The molecule has 0 aliphatic heterocycles. The van der Waals surface area contributed by atoms with E-state index in [-0.39, 0.29) is 17.4 Å². The fourth-order valence-corrected chi connectivity index (χ4v) is 4.16. The zero-order valence-corrected chi connectivity index (χ0v) is 18.4. The summed E-state index contributed by atoms with van der Waals surface area (Å²) in [5.74, 6) is -0.309. The van der Waals surface area contributed by atoms with Gasteiger partial charge in [0.2, 0.25) is 5.91 Å². The normalized spacial score (nSPS) is 10.4. The molecule has 0 atom stereocenters. The average Bonchev–Trinajstić information content (AvgIpc) is 2.86. The van der Waals surface area contributed by atoms with Crippen LogP contribution in [0.1, 0.15) is 33.6 Å². The van der Waals surface area contributed by atoms with E-state index in [0.717, 1.165) is 10.4 Å². The molecule has 2 amide bonds. The van der Waals surface area contributed by atoms with Gasteiger partial charge in [0, 0.05) is 16.3 Å². The van der Waals surface area contributed by atoms with Gasteiger partial charge < -0.3 is 21.1 Å². The highest BCUT2D eigenvalue weighted by Crippen LogP contribution is 2.32. The van der Waals surface area contributed by atoms with Crippen molar-refractivity contribution in [2.45, 2.75) is 26.7 Å². The Morgan fingerprint density at radius 3 is 2.64 bits per heavy atom.